The smallest absolute Gasteiger partial charge is 0.526 e. The highest BCUT2D eigenvalue weighted by atomic mass is 16.5. The van der Waals surface area contributed by atoms with Crippen LogP contribution in [0.1, 0.15) is 74.7 Å². The summed E-state index contributed by atoms with van der Waals surface area (Å²) in [6, 6.07) is 5.32. The van der Waals surface area contributed by atoms with Gasteiger partial charge in [-0.2, -0.15) is 0 Å². The summed E-state index contributed by atoms with van der Waals surface area (Å²) in [6.07, 6.45) is 6.27. The van der Waals surface area contributed by atoms with Gasteiger partial charge in [0.05, 0.1) is 6.61 Å². The Morgan fingerprint density at radius 1 is 1.23 bits per heavy atom. The lowest BCUT2D eigenvalue weighted by Gasteiger charge is -2.28. The fourth-order valence-electron chi connectivity index (χ4n) is 3.26. The number of benzene rings is 1. The first kappa shape index (κ1) is 20.5. The molecule has 0 aliphatic carbocycles. The van der Waals surface area contributed by atoms with Gasteiger partial charge in [0.25, 0.3) is 0 Å². The maximum atomic E-state index is 12.4. The molecule has 26 heavy (non-hydrogen) atoms. The van der Waals surface area contributed by atoms with E-state index in [-0.39, 0.29) is 11.6 Å². The van der Waals surface area contributed by atoms with Crippen molar-refractivity contribution >= 4 is 18.9 Å². The first-order valence-corrected chi connectivity index (χ1v) is 9.72. The number of ketones is 1. The minimum Gasteiger partial charge on any atom is -0.535 e. The molecule has 1 aliphatic heterocycles. The molecule has 0 saturated heterocycles. The van der Waals surface area contributed by atoms with E-state index in [0.717, 1.165) is 37.7 Å². The molecule has 1 atom stereocenters. The van der Waals surface area contributed by atoms with Gasteiger partial charge in [-0.05, 0) is 30.9 Å². The Balaban J connectivity index is 2.01. The van der Waals surface area contributed by atoms with Crippen LogP contribution in [0.2, 0.25) is 5.82 Å². The van der Waals surface area contributed by atoms with E-state index in [1.165, 1.54) is 0 Å². The number of ether oxygens (including phenoxy) is 1. The van der Waals surface area contributed by atoms with E-state index in [9.17, 15) is 14.6 Å². The highest BCUT2D eigenvalue weighted by Crippen LogP contribution is 2.36. The predicted octanol–water partition coefficient (Wildman–Crippen LogP) is 3.97. The molecule has 0 radical (unpaired) electrons. The Bertz CT molecular complexity index is 616. The number of esters is 1. The fraction of sp³-hybridized carbons (Fsp3) is 0.600. The number of hydrogen-bond acceptors (Lipinski definition) is 5. The zero-order valence-electron chi connectivity index (χ0n) is 15.8. The van der Waals surface area contributed by atoms with Gasteiger partial charge >= 0.3 is 13.1 Å². The maximum absolute atomic E-state index is 12.4. The third-order valence-electron chi connectivity index (χ3n) is 4.69. The van der Waals surface area contributed by atoms with Crippen molar-refractivity contribution < 1.29 is 24.0 Å². The Hall–Kier alpha value is -1.82. The SMILES string of the molecule is CCCCCCOC(=O)c1cccc2c1OB(O)[C@@H](CC(=O)CCC)C2. The molecule has 1 aromatic rings. The first-order valence-electron chi connectivity index (χ1n) is 9.72. The van der Waals surface area contributed by atoms with Crippen LogP contribution in [-0.4, -0.2) is 30.5 Å². The van der Waals surface area contributed by atoms with Crippen LogP contribution < -0.4 is 4.65 Å². The molecule has 0 aromatic heterocycles. The molecule has 1 aliphatic rings. The highest BCUT2D eigenvalue weighted by molar-refractivity contribution is 6.47. The Labute approximate surface area is 156 Å². The molecule has 1 aromatic carbocycles. The van der Waals surface area contributed by atoms with Gasteiger partial charge < -0.3 is 14.4 Å². The predicted molar refractivity (Wildman–Crippen MR) is 101 cm³/mol. The van der Waals surface area contributed by atoms with Crippen LogP contribution in [0.25, 0.3) is 0 Å². The summed E-state index contributed by atoms with van der Waals surface area (Å²) < 4.78 is 11.0. The number of fused-ring (bicyclic) bond motifs is 1. The van der Waals surface area contributed by atoms with E-state index in [1.54, 1.807) is 12.1 Å². The molecule has 0 amide bonds. The number of carbonyl (C=O) groups excluding carboxylic acids is 2. The lowest BCUT2D eigenvalue weighted by molar-refractivity contribution is -0.119. The van der Waals surface area contributed by atoms with Crippen LogP contribution in [0.4, 0.5) is 0 Å². The average molecular weight is 360 g/mol. The first-order chi connectivity index (χ1) is 12.6. The molecule has 6 heteroatoms. The van der Waals surface area contributed by atoms with E-state index < -0.39 is 13.1 Å². The monoisotopic (exact) mass is 360 g/mol. The minimum atomic E-state index is -1.08. The molecular weight excluding hydrogens is 331 g/mol. The minimum absolute atomic E-state index is 0.131. The molecule has 0 saturated carbocycles. The van der Waals surface area contributed by atoms with Crippen LogP contribution in [0, 0.1) is 0 Å². The third kappa shape index (κ3) is 5.59. The van der Waals surface area contributed by atoms with E-state index in [1.807, 2.05) is 13.0 Å². The molecule has 1 heterocycles. The molecule has 0 unspecified atom stereocenters. The van der Waals surface area contributed by atoms with Gasteiger partial charge in [-0.3, -0.25) is 4.79 Å². The molecule has 142 valence electrons. The topological polar surface area (TPSA) is 72.8 Å². The summed E-state index contributed by atoms with van der Waals surface area (Å²) in [7, 11) is -1.08. The number of rotatable bonds is 10. The molecule has 2 rings (SSSR count). The van der Waals surface area contributed by atoms with Crippen molar-refractivity contribution in [3.8, 4) is 5.75 Å². The second-order valence-electron chi connectivity index (χ2n) is 6.96. The van der Waals surface area contributed by atoms with Crippen LogP contribution in [0.5, 0.6) is 5.75 Å². The number of Topliss-reactive ketones (excluding diaryl/α,β-unsaturated/α-hetero) is 1. The number of para-hydroxylation sites is 1. The zero-order valence-corrected chi connectivity index (χ0v) is 15.8. The Morgan fingerprint density at radius 3 is 2.77 bits per heavy atom. The van der Waals surface area contributed by atoms with Gasteiger partial charge in [0.1, 0.15) is 17.1 Å². The largest absolute Gasteiger partial charge is 0.535 e. The third-order valence-corrected chi connectivity index (χ3v) is 4.69. The summed E-state index contributed by atoms with van der Waals surface area (Å²) in [5.41, 5.74) is 1.18. The van der Waals surface area contributed by atoms with Crippen molar-refractivity contribution in [3.05, 3.63) is 29.3 Å². The normalized spacial score (nSPS) is 16.0. The van der Waals surface area contributed by atoms with Crippen LogP contribution in [0.3, 0.4) is 0 Å². The van der Waals surface area contributed by atoms with Crippen LogP contribution in [0.15, 0.2) is 18.2 Å². The van der Waals surface area contributed by atoms with Gasteiger partial charge in [0.2, 0.25) is 0 Å². The van der Waals surface area contributed by atoms with Crippen molar-refractivity contribution in [1.29, 1.82) is 0 Å². The second kappa shape index (κ2) is 10.4. The molecule has 0 bridgehead atoms. The Morgan fingerprint density at radius 2 is 2.04 bits per heavy atom. The van der Waals surface area contributed by atoms with Crippen molar-refractivity contribution in [3.63, 3.8) is 0 Å². The number of carbonyl (C=O) groups is 2. The van der Waals surface area contributed by atoms with Gasteiger partial charge in [0.15, 0.2) is 0 Å². The van der Waals surface area contributed by atoms with Gasteiger partial charge in [0, 0.05) is 18.7 Å². The maximum Gasteiger partial charge on any atom is 0.526 e. The molecule has 0 spiro atoms. The number of hydrogen-bond donors (Lipinski definition) is 1. The zero-order chi connectivity index (χ0) is 18.9. The second-order valence-corrected chi connectivity index (χ2v) is 6.96. The van der Waals surface area contributed by atoms with Crippen molar-refractivity contribution in [2.45, 2.75) is 71.0 Å². The van der Waals surface area contributed by atoms with E-state index in [4.69, 9.17) is 9.39 Å². The van der Waals surface area contributed by atoms with Crippen molar-refractivity contribution in [2.75, 3.05) is 6.61 Å². The molecule has 5 nitrogen and oxygen atoms in total. The quantitative estimate of drug-likeness (QED) is 0.388. The lowest BCUT2D eigenvalue weighted by atomic mass is 9.64. The summed E-state index contributed by atoms with van der Waals surface area (Å²) >= 11 is 0. The van der Waals surface area contributed by atoms with Crippen LogP contribution >= 0.6 is 0 Å². The fourth-order valence-corrected chi connectivity index (χ4v) is 3.26. The highest BCUT2D eigenvalue weighted by Gasteiger charge is 2.37. The van der Waals surface area contributed by atoms with Gasteiger partial charge in [-0.15, -0.1) is 0 Å². The summed E-state index contributed by atoms with van der Waals surface area (Å²) in [4.78, 5) is 24.3. The van der Waals surface area contributed by atoms with E-state index >= 15 is 0 Å². The summed E-state index contributed by atoms with van der Waals surface area (Å²) in [5, 5.41) is 10.3. The van der Waals surface area contributed by atoms with Crippen LogP contribution in [-0.2, 0) is 16.0 Å². The lowest BCUT2D eigenvalue weighted by Crippen LogP contribution is -2.35. The number of unbranched alkanes of at least 4 members (excludes halogenated alkanes) is 3. The van der Waals surface area contributed by atoms with E-state index in [0.29, 0.717) is 37.2 Å². The molecular formula is C20H29BO5. The summed E-state index contributed by atoms with van der Waals surface area (Å²) in [6.45, 7) is 4.48. The van der Waals surface area contributed by atoms with Crippen molar-refractivity contribution in [1.82, 2.24) is 0 Å². The Kier molecular flexibility index (Phi) is 8.17. The molecule has 1 N–H and O–H groups in total. The average Bonchev–Trinajstić information content (AvgIpc) is 2.61. The van der Waals surface area contributed by atoms with Crippen molar-refractivity contribution in [2.24, 2.45) is 0 Å². The van der Waals surface area contributed by atoms with Gasteiger partial charge in [-0.25, -0.2) is 4.79 Å². The van der Waals surface area contributed by atoms with E-state index in [2.05, 4.69) is 6.92 Å². The standard InChI is InChI=1S/C20H29BO5/c1-3-5-6-7-12-25-20(23)18-11-8-10-15-13-16(14-17(22)9-4-2)21(24)26-19(15)18/h8,10-11,16,24H,3-7,9,12-14H2,1-2H3/t16-/m1/s1. The van der Waals surface area contributed by atoms with Gasteiger partial charge in [-0.1, -0.05) is 45.2 Å². The molecule has 0 fully saturated rings. The summed E-state index contributed by atoms with van der Waals surface area (Å²) in [5.74, 6) is -0.183.